The first kappa shape index (κ1) is 17.4. The van der Waals surface area contributed by atoms with Gasteiger partial charge in [0.25, 0.3) is 0 Å². The lowest BCUT2D eigenvalue weighted by Gasteiger charge is -2.18. The third kappa shape index (κ3) is 4.55. The number of aliphatic imine (C=N–C) groups is 1. The van der Waals surface area contributed by atoms with Gasteiger partial charge in [-0.05, 0) is 43.7 Å². The van der Waals surface area contributed by atoms with E-state index in [1.54, 1.807) is 6.07 Å². The Morgan fingerprint density at radius 3 is 1.88 bits per heavy atom. The number of para-hydroxylation sites is 1. The summed E-state index contributed by atoms with van der Waals surface area (Å²) < 4.78 is 0. The van der Waals surface area contributed by atoms with Gasteiger partial charge in [-0.25, -0.2) is 0 Å². The zero-order valence-electron chi connectivity index (χ0n) is 14.3. The van der Waals surface area contributed by atoms with Gasteiger partial charge in [-0.3, -0.25) is 4.99 Å². The van der Waals surface area contributed by atoms with E-state index in [1.807, 2.05) is 25.1 Å². The molecule has 3 rings (SSSR count). The highest BCUT2D eigenvalue weighted by molar-refractivity contribution is 7.73. The molecule has 0 aromatic heterocycles. The summed E-state index contributed by atoms with van der Waals surface area (Å²) in [4.78, 5) is 4.72. The van der Waals surface area contributed by atoms with Gasteiger partial charge in [0.15, 0.2) is 0 Å². The van der Waals surface area contributed by atoms with Crippen molar-refractivity contribution in [1.82, 2.24) is 0 Å². The van der Waals surface area contributed by atoms with Crippen LogP contribution in [0.3, 0.4) is 0 Å². The maximum Gasteiger partial charge on any atom is 0.124 e. The number of aromatic hydroxyl groups is 1. The minimum atomic E-state index is -0.428. The van der Waals surface area contributed by atoms with Crippen LogP contribution in [0.2, 0.25) is 0 Å². The van der Waals surface area contributed by atoms with Gasteiger partial charge in [-0.1, -0.05) is 72.8 Å². The molecule has 0 heterocycles. The molecule has 0 atom stereocenters. The number of hydrogen-bond donors (Lipinski definition) is 1. The van der Waals surface area contributed by atoms with Gasteiger partial charge in [-0.15, -0.1) is 0 Å². The van der Waals surface area contributed by atoms with Crippen molar-refractivity contribution >= 4 is 24.2 Å². The van der Waals surface area contributed by atoms with Crippen LogP contribution in [-0.2, 0) is 0 Å². The molecule has 1 N–H and O–H groups in total. The number of nitrogens with zero attached hydrogens (tertiary/aromatic N) is 1. The van der Waals surface area contributed by atoms with E-state index in [0.29, 0.717) is 0 Å². The first-order valence-corrected chi connectivity index (χ1v) is 9.95. The standard InChI is InChI=1S/C22H22NOP/c1-18(21-14-8-9-15-22(21)24)23-16-17-25(19-10-4-2-5-11-19)20-12-6-3-7-13-20/h2-15,24H,16-17H2,1H3. The summed E-state index contributed by atoms with van der Waals surface area (Å²) in [6.45, 7) is 2.71. The molecular weight excluding hydrogens is 325 g/mol. The van der Waals surface area contributed by atoms with Crippen molar-refractivity contribution in [2.24, 2.45) is 4.99 Å². The Labute approximate surface area is 150 Å². The molecule has 0 radical (unpaired) electrons. The molecular formula is C22H22NOP. The van der Waals surface area contributed by atoms with Crippen LogP contribution in [0.4, 0.5) is 0 Å². The predicted molar refractivity (Wildman–Crippen MR) is 109 cm³/mol. The molecule has 3 aromatic rings. The fraction of sp³-hybridized carbons (Fsp3) is 0.136. The monoisotopic (exact) mass is 347 g/mol. The van der Waals surface area contributed by atoms with E-state index in [4.69, 9.17) is 4.99 Å². The zero-order valence-corrected chi connectivity index (χ0v) is 15.2. The van der Waals surface area contributed by atoms with Crippen molar-refractivity contribution in [3.05, 3.63) is 90.5 Å². The summed E-state index contributed by atoms with van der Waals surface area (Å²) in [6.07, 6.45) is 0.994. The van der Waals surface area contributed by atoms with Crippen molar-refractivity contribution in [1.29, 1.82) is 0 Å². The second-order valence-electron chi connectivity index (χ2n) is 5.81. The third-order valence-electron chi connectivity index (χ3n) is 4.10. The average molecular weight is 347 g/mol. The van der Waals surface area contributed by atoms with Gasteiger partial charge in [0.1, 0.15) is 5.75 Å². The van der Waals surface area contributed by atoms with Crippen LogP contribution >= 0.6 is 7.92 Å². The molecule has 0 spiro atoms. The highest BCUT2D eigenvalue weighted by Gasteiger charge is 2.13. The molecule has 25 heavy (non-hydrogen) atoms. The lowest BCUT2D eigenvalue weighted by molar-refractivity contribution is 0.474. The van der Waals surface area contributed by atoms with Gasteiger partial charge < -0.3 is 5.11 Å². The Bertz CT molecular complexity index is 791. The van der Waals surface area contributed by atoms with Crippen LogP contribution in [-0.4, -0.2) is 23.5 Å². The quantitative estimate of drug-likeness (QED) is 0.522. The van der Waals surface area contributed by atoms with E-state index < -0.39 is 7.92 Å². The molecule has 0 unspecified atom stereocenters. The van der Waals surface area contributed by atoms with Gasteiger partial charge in [0.2, 0.25) is 0 Å². The van der Waals surface area contributed by atoms with E-state index >= 15 is 0 Å². The summed E-state index contributed by atoms with van der Waals surface area (Å²) in [6, 6.07) is 28.7. The van der Waals surface area contributed by atoms with E-state index in [9.17, 15) is 5.11 Å². The number of rotatable bonds is 6. The van der Waals surface area contributed by atoms with Gasteiger partial charge in [-0.2, -0.15) is 0 Å². The van der Waals surface area contributed by atoms with Gasteiger partial charge in [0, 0.05) is 17.8 Å². The van der Waals surface area contributed by atoms with Crippen molar-refractivity contribution in [3.63, 3.8) is 0 Å². The Kier molecular flexibility index (Phi) is 5.98. The smallest absolute Gasteiger partial charge is 0.124 e. The summed E-state index contributed by atoms with van der Waals surface area (Å²) in [5.41, 5.74) is 1.69. The first-order chi connectivity index (χ1) is 12.3. The molecule has 0 aliphatic heterocycles. The lowest BCUT2D eigenvalue weighted by atomic mass is 10.1. The molecule has 0 saturated carbocycles. The van der Waals surface area contributed by atoms with E-state index in [0.717, 1.165) is 24.0 Å². The van der Waals surface area contributed by atoms with Crippen LogP contribution in [0, 0.1) is 0 Å². The Balaban J connectivity index is 1.78. The molecule has 2 nitrogen and oxygen atoms in total. The molecule has 0 saturated heterocycles. The van der Waals surface area contributed by atoms with E-state index in [1.165, 1.54) is 10.6 Å². The fourth-order valence-corrected chi connectivity index (χ4v) is 4.98. The van der Waals surface area contributed by atoms with Crippen molar-refractivity contribution < 1.29 is 5.11 Å². The molecule has 0 aliphatic carbocycles. The van der Waals surface area contributed by atoms with Crippen LogP contribution in [0.25, 0.3) is 0 Å². The molecule has 0 aliphatic rings. The third-order valence-corrected chi connectivity index (χ3v) is 6.59. The topological polar surface area (TPSA) is 32.6 Å². The SMILES string of the molecule is CC(=NCCP(c1ccccc1)c1ccccc1)c1ccccc1O. The number of phenols is 1. The summed E-state index contributed by atoms with van der Waals surface area (Å²) in [7, 11) is -0.428. The molecule has 126 valence electrons. The lowest BCUT2D eigenvalue weighted by Crippen LogP contribution is -2.15. The molecule has 3 aromatic carbocycles. The Hall–Kier alpha value is -2.44. The zero-order chi connectivity index (χ0) is 17.5. The number of benzene rings is 3. The van der Waals surface area contributed by atoms with Crippen LogP contribution in [0.15, 0.2) is 89.9 Å². The minimum Gasteiger partial charge on any atom is -0.507 e. The van der Waals surface area contributed by atoms with E-state index in [2.05, 4.69) is 60.7 Å². The summed E-state index contributed by atoms with van der Waals surface area (Å²) in [5.74, 6) is 0.289. The van der Waals surface area contributed by atoms with Crippen LogP contribution in [0.5, 0.6) is 5.75 Å². The highest BCUT2D eigenvalue weighted by Crippen LogP contribution is 2.33. The second kappa shape index (κ2) is 8.60. The van der Waals surface area contributed by atoms with E-state index in [-0.39, 0.29) is 5.75 Å². The highest BCUT2D eigenvalue weighted by atomic mass is 31.1. The van der Waals surface area contributed by atoms with Gasteiger partial charge >= 0.3 is 0 Å². The number of phenolic OH excluding ortho intramolecular Hbond substituents is 1. The van der Waals surface area contributed by atoms with Crippen molar-refractivity contribution in [3.8, 4) is 5.75 Å². The minimum absolute atomic E-state index is 0.289. The first-order valence-electron chi connectivity index (χ1n) is 8.43. The normalized spacial score (nSPS) is 11.7. The summed E-state index contributed by atoms with van der Waals surface area (Å²) >= 11 is 0. The maximum atomic E-state index is 9.97. The molecule has 0 fully saturated rings. The average Bonchev–Trinajstić information content (AvgIpc) is 2.67. The second-order valence-corrected chi connectivity index (χ2v) is 8.14. The number of hydrogen-bond acceptors (Lipinski definition) is 2. The molecule has 0 bridgehead atoms. The summed E-state index contributed by atoms with van der Waals surface area (Å²) in [5, 5.41) is 12.7. The maximum absolute atomic E-state index is 9.97. The Morgan fingerprint density at radius 2 is 1.32 bits per heavy atom. The largest absolute Gasteiger partial charge is 0.507 e. The predicted octanol–water partition coefficient (Wildman–Crippen LogP) is 4.33. The van der Waals surface area contributed by atoms with Crippen molar-refractivity contribution in [2.75, 3.05) is 12.7 Å². The van der Waals surface area contributed by atoms with Crippen LogP contribution in [0.1, 0.15) is 12.5 Å². The van der Waals surface area contributed by atoms with Gasteiger partial charge in [0.05, 0.1) is 0 Å². The molecule has 0 amide bonds. The van der Waals surface area contributed by atoms with Crippen LogP contribution < -0.4 is 10.6 Å². The molecule has 3 heteroatoms. The Morgan fingerprint density at radius 1 is 0.800 bits per heavy atom. The fourth-order valence-electron chi connectivity index (χ4n) is 2.81. The van der Waals surface area contributed by atoms with Crippen molar-refractivity contribution in [2.45, 2.75) is 6.92 Å².